The van der Waals surface area contributed by atoms with Crippen molar-refractivity contribution in [2.75, 3.05) is 5.75 Å². The van der Waals surface area contributed by atoms with Crippen molar-refractivity contribution in [3.8, 4) is 0 Å². The molecule has 0 radical (unpaired) electrons. The van der Waals surface area contributed by atoms with Crippen molar-refractivity contribution in [2.45, 2.75) is 18.7 Å². The molecule has 0 aliphatic carbocycles. The normalized spacial score (nSPS) is 13.8. The van der Waals surface area contributed by atoms with Gasteiger partial charge >= 0.3 is 0 Å². The Morgan fingerprint density at radius 1 is 1.50 bits per heavy atom. The summed E-state index contributed by atoms with van der Waals surface area (Å²) in [5.74, 6) is -0.813. The van der Waals surface area contributed by atoms with Crippen molar-refractivity contribution in [3.63, 3.8) is 0 Å². The van der Waals surface area contributed by atoms with Crippen LogP contribution in [-0.2, 0) is 15.6 Å². The maximum atomic E-state index is 12.7. The van der Waals surface area contributed by atoms with Crippen LogP contribution in [0.4, 0.5) is 4.39 Å². The minimum Gasteiger partial charge on any atom is -0.327 e. The molecule has 16 heavy (non-hydrogen) atoms. The molecule has 0 heterocycles. The Kier molecular flexibility index (Phi) is 4.29. The molecule has 1 aromatic carbocycles. The molecule has 0 fully saturated rings. The van der Waals surface area contributed by atoms with Gasteiger partial charge in [-0.3, -0.25) is 0 Å². The van der Waals surface area contributed by atoms with Crippen LogP contribution in [-0.4, -0.2) is 20.2 Å². The first-order valence-electron chi connectivity index (χ1n) is 4.70. The van der Waals surface area contributed by atoms with E-state index in [0.29, 0.717) is 5.56 Å². The first kappa shape index (κ1) is 13.4. The van der Waals surface area contributed by atoms with Crippen LogP contribution in [0.2, 0.25) is 5.02 Å². The van der Waals surface area contributed by atoms with Crippen molar-refractivity contribution in [3.05, 3.63) is 34.6 Å². The summed E-state index contributed by atoms with van der Waals surface area (Å²) >= 11 is 5.74. The Morgan fingerprint density at radius 2 is 2.12 bits per heavy atom. The number of sulfone groups is 1. The lowest BCUT2D eigenvalue weighted by Crippen LogP contribution is -2.27. The number of nitrogens with two attached hydrogens (primary N) is 1. The summed E-state index contributed by atoms with van der Waals surface area (Å²) in [6.07, 6.45) is 0. The molecule has 1 aromatic rings. The second kappa shape index (κ2) is 5.12. The van der Waals surface area contributed by atoms with Crippen molar-refractivity contribution < 1.29 is 12.8 Å². The summed E-state index contributed by atoms with van der Waals surface area (Å²) in [4.78, 5) is 0. The van der Waals surface area contributed by atoms with Gasteiger partial charge in [-0.2, -0.15) is 0 Å². The maximum absolute atomic E-state index is 12.7. The molecule has 0 aliphatic rings. The van der Waals surface area contributed by atoms with Crippen molar-refractivity contribution in [1.29, 1.82) is 0 Å². The van der Waals surface area contributed by atoms with E-state index in [2.05, 4.69) is 0 Å². The molecular weight excluding hydrogens is 253 g/mol. The highest BCUT2D eigenvalue weighted by atomic mass is 35.5. The zero-order chi connectivity index (χ0) is 12.3. The third-order valence-corrected chi connectivity index (χ3v) is 4.04. The minimum absolute atomic E-state index is 0.110. The van der Waals surface area contributed by atoms with Gasteiger partial charge in [0.25, 0.3) is 0 Å². The van der Waals surface area contributed by atoms with E-state index in [1.165, 1.54) is 12.1 Å². The zero-order valence-electron chi connectivity index (χ0n) is 8.78. The molecule has 6 heteroatoms. The van der Waals surface area contributed by atoms with E-state index in [1.807, 2.05) is 0 Å². The molecule has 0 aliphatic heterocycles. The van der Waals surface area contributed by atoms with Crippen LogP contribution < -0.4 is 5.73 Å². The fourth-order valence-electron chi connectivity index (χ4n) is 1.34. The summed E-state index contributed by atoms with van der Waals surface area (Å²) in [6.45, 7) is 1.61. The monoisotopic (exact) mass is 265 g/mol. The van der Waals surface area contributed by atoms with Crippen LogP contribution in [0.1, 0.15) is 12.5 Å². The SMILES string of the molecule is CC(N)CS(=O)(=O)Cc1ccc(F)cc1Cl. The molecule has 1 unspecified atom stereocenters. The first-order valence-corrected chi connectivity index (χ1v) is 6.90. The predicted molar refractivity (Wildman–Crippen MR) is 62.6 cm³/mol. The Morgan fingerprint density at radius 3 is 2.62 bits per heavy atom. The molecule has 90 valence electrons. The van der Waals surface area contributed by atoms with E-state index in [4.69, 9.17) is 17.3 Å². The fraction of sp³-hybridized carbons (Fsp3) is 0.400. The largest absolute Gasteiger partial charge is 0.327 e. The fourth-order valence-corrected chi connectivity index (χ4v) is 3.29. The third-order valence-electron chi connectivity index (χ3n) is 1.91. The average molecular weight is 266 g/mol. The lowest BCUT2D eigenvalue weighted by molar-refractivity contribution is 0.589. The molecule has 3 nitrogen and oxygen atoms in total. The molecule has 0 saturated carbocycles. The van der Waals surface area contributed by atoms with E-state index >= 15 is 0 Å². The Balaban J connectivity index is 2.88. The minimum atomic E-state index is -3.30. The van der Waals surface area contributed by atoms with Gasteiger partial charge in [0, 0.05) is 11.1 Å². The summed E-state index contributed by atoms with van der Waals surface area (Å²) in [6, 6.07) is 3.22. The average Bonchev–Trinajstić information content (AvgIpc) is 2.07. The van der Waals surface area contributed by atoms with Crippen LogP contribution in [0.25, 0.3) is 0 Å². The second-order valence-electron chi connectivity index (χ2n) is 3.77. The van der Waals surface area contributed by atoms with Crippen LogP contribution in [0.3, 0.4) is 0 Å². The highest BCUT2D eigenvalue weighted by Crippen LogP contribution is 2.19. The summed E-state index contributed by atoms with van der Waals surface area (Å²) in [5.41, 5.74) is 5.81. The third kappa shape index (κ3) is 4.08. The maximum Gasteiger partial charge on any atom is 0.156 e. The summed E-state index contributed by atoms with van der Waals surface area (Å²) in [5, 5.41) is 0.119. The van der Waals surface area contributed by atoms with Gasteiger partial charge in [-0.1, -0.05) is 17.7 Å². The highest BCUT2D eigenvalue weighted by Gasteiger charge is 2.16. The quantitative estimate of drug-likeness (QED) is 0.902. The van der Waals surface area contributed by atoms with Gasteiger partial charge in [-0.25, -0.2) is 12.8 Å². The van der Waals surface area contributed by atoms with E-state index < -0.39 is 21.7 Å². The first-order chi connectivity index (χ1) is 7.30. The van der Waals surface area contributed by atoms with Crippen LogP contribution in [0.5, 0.6) is 0 Å². The van der Waals surface area contributed by atoms with E-state index in [-0.39, 0.29) is 16.5 Å². The summed E-state index contributed by atoms with van der Waals surface area (Å²) < 4.78 is 36.0. The van der Waals surface area contributed by atoms with Gasteiger partial charge < -0.3 is 5.73 Å². The molecule has 0 spiro atoms. The Bertz CT molecular complexity index is 474. The lowest BCUT2D eigenvalue weighted by Gasteiger charge is -2.08. The highest BCUT2D eigenvalue weighted by molar-refractivity contribution is 7.90. The number of benzene rings is 1. The molecule has 0 bridgehead atoms. The number of rotatable bonds is 4. The van der Waals surface area contributed by atoms with Gasteiger partial charge in [-0.05, 0) is 24.6 Å². The van der Waals surface area contributed by atoms with E-state index in [1.54, 1.807) is 6.92 Å². The second-order valence-corrected chi connectivity index (χ2v) is 6.28. The van der Waals surface area contributed by atoms with E-state index in [9.17, 15) is 12.8 Å². The number of hydrogen-bond donors (Lipinski definition) is 1. The molecule has 0 saturated heterocycles. The zero-order valence-corrected chi connectivity index (χ0v) is 10.4. The standard InChI is InChI=1S/C10H13ClFNO2S/c1-7(13)5-16(14,15)6-8-2-3-9(12)4-10(8)11/h2-4,7H,5-6,13H2,1H3. The smallest absolute Gasteiger partial charge is 0.156 e. The Labute approximate surface area is 99.3 Å². The van der Waals surface area contributed by atoms with Crippen molar-refractivity contribution in [1.82, 2.24) is 0 Å². The van der Waals surface area contributed by atoms with Gasteiger partial charge in [-0.15, -0.1) is 0 Å². The van der Waals surface area contributed by atoms with Gasteiger partial charge in [0.05, 0.1) is 11.5 Å². The molecule has 0 amide bonds. The van der Waals surface area contributed by atoms with Gasteiger partial charge in [0.1, 0.15) is 5.82 Å². The number of halogens is 2. The van der Waals surface area contributed by atoms with E-state index in [0.717, 1.165) is 6.07 Å². The van der Waals surface area contributed by atoms with Crippen LogP contribution in [0, 0.1) is 5.82 Å². The molecule has 0 aromatic heterocycles. The lowest BCUT2D eigenvalue weighted by atomic mass is 10.2. The molecular formula is C10H13ClFNO2S. The number of hydrogen-bond acceptors (Lipinski definition) is 3. The van der Waals surface area contributed by atoms with Crippen molar-refractivity contribution >= 4 is 21.4 Å². The predicted octanol–water partition coefficient (Wildman–Crippen LogP) is 1.74. The molecule has 1 atom stereocenters. The van der Waals surface area contributed by atoms with Gasteiger partial charge in [0.2, 0.25) is 0 Å². The topological polar surface area (TPSA) is 60.2 Å². The Hall–Kier alpha value is -0.650. The van der Waals surface area contributed by atoms with Gasteiger partial charge in [0.15, 0.2) is 9.84 Å². The molecule has 1 rings (SSSR count). The van der Waals surface area contributed by atoms with Crippen LogP contribution in [0.15, 0.2) is 18.2 Å². The van der Waals surface area contributed by atoms with Crippen LogP contribution >= 0.6 is 11.6 Å². The summed E-state index contributed by atoms with van der Waals surface area (Å²) in [7, 11) is -3.30. The van der Waals surface area contributed by atoms with Crippen molar-refractivity contribution in [2.24, 2.45) is 5.73 Å². The molecule has 2 N–H and O–H groups in total.